The Morgan fingerprint density at radius 2 is 1.71 bits per heavy atom. The summed E-state index contributed by atoms with van der Waals surface area (Å²) in [7, 11) is 0. The minimum atomic E-state index is -0.698. The molecule has 2 aliphatic heterocycles. The topological polar surface area (TPSA) is 84.0 Å². The first-order valence-electron chi connectivity index (χ1n) is 11.2. The monoisotopic (exact) mass is 530 g/mol. The van der Waals surface area contributed by atoms with E-state index in [-0.39, 0.29) is 34.4 Å². The maximum Gasteiger partial charge on any atom is 0.338 e. The van der Waals surface area contributed by atoms with Gasteiger partial charge in [0.2, 0.25) is 17.6 Å². The molecule has 182 valence electrons. The van der Waals surface area contributed by atoms with E-state index in [1.165, 1.54) is 42.4 Å². The number of benzene rings is 2. The van der Waals surface area contributed by atoms with Crippen LogP contribution in [-0.4, -0.2) is 57.7 Å². The number of thioether (sulfide) groups is 1. The van der Waals surface area contributed by atoms with Gasteiger partial charge in [-0.05, 0) is 55.7 Å². The Labute approximate surface area is 217 Å². The summed E-state index contributed by atoms with van der Waals surface area (Å²) in [5, 5.41) is -0.275. The number of halogens is 1. The third-order valence-electron chi connectivity index (χ3n) is 5.83. The molecule has 2 heterocycles. The van der Waals surface area contributed by atoms with E-state index in [0.717, 1.165) is 30.8 Å². The van der Waals surface area contributed by atoms with Crippen LogP contribution < -0.4 is 4.90 Å². The molecule has 0 saturated carbocycles. The molecule has 35 heavy (non-hydrogen) atoms. The highest BCUT2D eigenvalue weighted by molar-refractivity contribution is 8.23. The number of nitrogens with zero attached hydrogens (tertiary/aromatic N) is 2. The number of hydrogen-bond acceptors (Lipinski definition) is 7. The zero-order chi connectivity index (χ0) is 24.9. The number of likely N-dealkylation sites (tertiary alicyclic amines) is 1. The van der Waals surface area contributed by atoms with Crippen LogP contribution in [0.15, 0.2) is 48.5 Å². The van der Waals surface area contributed by atoms with Crippen molar-refractivity contribution >= 4 is 69.2 Å². The van der Waals surface area contributed by atoms with Gasteiger partial charge in [-0.1, -0.05) is 47.7 Å². The molecule has 0 aliphatic carbocycles. The number of ketones is 1. The van der Waals surface area contributed by atoms with Gasteiger partial charge in [0, 0.05) is 25.1 Å². The van der Waals surface area contributed by atoms with Crippen LogP contribution in [0.2, 0.25) is 5.02 Å². The number of anilines is 1. The lowest BCUT2D eigenvalue weighted by atomic mass is 10.1. The van der Waals surface area contributed by atoms with E-state index in [1.54, 1.807) is 24.3 Å². The van der Waals surface area contributed by atoms with Crippen LogP contribution >= 0.6 is 35.6 Å². The average Bonchev–Trinajstić information content (AvgIpc) is 3.15. The van der Waals surface area contributed by atoms with Crippen LogP contribution in [0.4, 0.5) is 5.69 Å². The van der Waals surface area contributed by atoms with Crippen LogP contribution in [0.3, 0.4) is 0 Å². The predicted octanol–water partition coefficient (Wildman–Crippen LogP) is 4.52. The highest BCUT2D eigenvalue weighted by Gasteiger charge is 2.41. The molecule has 2 saturated heterocycles. The Balaban J connectivity index is 1.35. The SMILES string of the molecule is O=C(OCC(=O)c1ccccc1Cl)c1ccc(N2C(=O)CC(SC(=S)N3CCCCC3)C2=O)cc1. The maximum atomic E-state index is 13.0. The van der Waals surface area contributed by atoms with Crippen molar-refractivity contribution in [1.82, 2.24) is 4.90 Å². The standard InChI is InChI=1S/C25H23ClN2O5S2/c26-19-7-3-2-6-18(19)20(29)15-33-24(32)16-8-10-17(11-9-16)28-22(30)14-21(23(28)31)35-25(34)27-12-4-1-5-13-27/h2-3,6-11,21H,1,4-5,12-15H2. The second kappa shape index (κ2) is 11.3. The summed E-state index contributed by atoms with van der Waals surface area (Å²) in [5.74, 6) is -1.74. The first kappa shape index (κ1) is 25.3. The molecule has 2 aliphatic rings. The van der Waals surface area contributed by atoms with E-state index in [2.05, 4.69) is 4.90 Å². The van der Waals surface area contributed by atoms with Gasteiger partial charge in [-0.15, -0.1) is 0 Å². The van der Waals surface area contributed by atoms with E-state index in [4.69, 9.17) is 28.6 Å². The van der Waals surface area contributed by atoms with Crippen molar-refractivity contribution in [1.29, 1.82) is 0 Å². The van der Waals surface area contributed by atoms with Crippen molar-refractivity contribution in [3.63, 3.8) is 0 Å². The van der Waals surface area contributed by atoms with Crippen LogP contribution in [0.5, 0.6) is 0 Å². The van der Waals surface area contributed by atoms with Crippen molar-refractivity contribution in [2.24, 2.45) is 0 Å². The van der Waals surface area contributed by atoms with Crippen molar-refractivity contribution in [3.8, 4) is 0 Å². The number of piperidine rings is 1. The van der Waals surface area contributed by atoms with Gasteiger partial charge in [0.15, 0.2) is 6.61 Å². The second-order valence-electron chi connectivity index (χ2n) is 8.22. The van der Waals surface area contributed by atoms with E-state index >= 15 is 0 Å². The van der Waals surface area contributed by atoms with Gasteiger partial charge < -0.3 is 9.64 Å². The summed E-state index contributed by atoms with van der Waals surface area (Å²) in [5.41, 5.74) is 0.836. The Bertz CT molecular complexity index is 1160. The lowest BCUT2D eigenvalue weighted by molar-refractivity contribution is -0.121. The Morgan fingerprint density at radius 1 is 1.03 bits per heavy atom. The molecule has 0 radical (unpaired) electrons. The third-order valence-corrected chi connectivity index (χ3v) is 7.82. The lowest BCUT2D eigenvalue weighted by Gasteiger charge is -2.29. The largest absolute Gasteiger partial charge is 0.454 e. The van der Waals surface area contributed by atoms with Crippen molar-refractivity contribution in [2.45, 2.75) is 30.9 Å². The molecule has 2 aromatic rings. The van der Waals surface area contributed by atoms with Crippen LogP contribution in [0.25, 0.3) is 0 Å². The number of carbonyl (C=O) groups excluding carboxylic acids is 4. The highest BCUT2D eigenvalue weighted by Crippen LogP contribution is 2.32. The number of carbonyl (C=O) groups is 4. The quantitative estimate of drug-likeness (QED) is 0.233. The second-order valence-corrected chi connectivity index (χ2v) is 10.5. The number of imide groups is 1. The third kappa shape index (κ3) is 5.91. The molecule has 0 aromatic heterocycles. The Morgan fingerprint density at radius 3 is 2.40 bits per heavy atom. The average molecular weight is 531 g/mol. The number of esters is 1. The van der Waals surface area contributed by atoms with Crippen LogP contribution in [0.1, 0.15) is 46.4 Å². The zero-order valence-corrected chi connectivity index (χ0v) is 21.2. The van der Waals surface area contributed by atoms with Crippen LogP contribution in [0, 0.1) is 0 Å². The summed E-state index contributed by atoms with van der Waals surface area (Å²) in [4.78, 5) is 53.4. The number of amides is 2. The first-order valence-corrected chi connectivity index (χ1v) is 12.9. The molecule has 0 N–H and O–H groups in total. The van der Waals surface area contributed by atoms with Crippen molar-refractivity contribution in [2.75, 3.05) is 24.6 Å². The smallest absolute Gasteiger partial charge is 0.338 e. The Hall–Kier alpha value is -2.75. The molecule has 0 bridgehead atoms. The molecule has 2 aromatic carbocycles. The number of hydrogen-bond donors (Lipinski definition) is 0. The number of ether oxygens (including phenoxy) is 1. The molecule has 2 amide bonds. The molecule has 0 spiro atoms. The number of rotatable bonds is 6. The van der Waals surface area contributed by atoms with Crippen molar-refractivity contribution in [3.05, 3.63) is 64.7 Å². The van der Waals surface area contributed by atoms with Gasteiger partial charge in [-0.3, -0.25) is 14.4 Å². The fraction of sp³-hybridized carbons (Fsp3) is 0.320. The van der Waals surface area contributed by atoms with Gasteiger partial charge in [0.05, 0.1) is 16.3 Å². The highest BCUT2D eigenvalue weighted by atomic mass is 35.5. The number of thiocarbonyl (C=S) groups is 1. The van der Waals surface area contributed by atoms with Crippen molar-refractivity contribution < 1.29 is 23.9 Å². The van der Waals surface area contributed by atoms with Gasteiger partial charge in [0.25, 0.3) is 0 Å². The molecule has 10 heteroatoms. The first-order chi connectivity index (χ1) is 16.8. The maximum absolute atomic E-state index is 13.0. The van der Waals surface area contributed by atoms with Gasteiger partial charge in [0.1, 0.15) is 9.57 Å². The van der Waals surface area contributed by atoms with Crippen LogP contribution in [-0.2, 0) is 14.3 Å². The Kier molecular flexibility index (Phi) is 8.20. The minimum absolute atomic E-state index is 0.0748. The normalized spacial score (nSPS) is 18.0. The van der Waals surface area contributed by atoms with E-state index in [0.29, 0.717) is 10.0 Å². The molecule has 2 fully saturated rings. The molecule has 4 rings (SSSR count). The van der Waals surface area contributed by atoms with E-state index in [9.17, 15) is 19.2 Å². The molecular formula is C25H23ClN2O5S2. The zero-order valence-electron chi connectivity index (χ0n) is 18.8. The van der Waals surface area contributed by atoms with Gasteiger partial charge in [-0.25, -0.2) is 9.69 Å². The fourth-order valence-corrected chi connectivity index (χ4v) is 5.75. The van der Waals surface area contributed by atoms with Gasteiger partial charge >= 0.3 is 5.97 Å². The number of Topliss-reactive ketones (excluding diaryl/α,β-unsaturated/α-hetero) is 1. The van der Waals surface area contributed by atoms with E-state index in [1.807, 2.05) is 0 Å². The molecule has 1 unspecified atom stereocenters. The molecular weight excluding hydrogens is 508 g/mol. The van der Waals surface area contributed by atoms with Gasteiger partial charge in [-0.2, -0.15) is 0 Å². The van der Waals surface area contributed by atoms with E-state index < -0.39 is 23.6 Å². The molecule has 1 atom stereocenters. The lowest BCUT2D eigenvalue weighted by Crippen LogP contribution is -2.35. The predicted molar refractivity (Wildman–Crippen MR) is 139 cm³/mol. The summed E-state index contributed by atoms with van der Waals surface area (Å²) >= 11 is 12.8. The summed E-state index contributed by atoms with van der Waals surface area (Å²) in [6, 6.07) is 12.4. The summed E-state index contributed by atoms with van der Waals surface area (Å²) in [6.07, 6.45) is 3.41. The fourth-order valence-electron chi connectivity index (χ4n) is 3.97. The minimum Gasteiger partial charge on any atom is -0.454 e. The summed E-state index contributed by atoms with van der Waals surface area (Å²) in [6.45, 7) is 1.31. The summed E-state index contributed by atoms with van der Waals surface area (Å²) < 4.78 is 5.76. The molecule has 7 nitrogen and oxygen atoms in total.